The summed E-state index contributed by atoms with van der Waals surface area (Å²) in [5.74, 6) is -1.29. The Morgan fingerprint density at radius 3 is 2.28 bits per heavy atom. The molecule has 3 heterocycles. The number of carbonyl (C=O) groups is 2. The highest BCUT2D eigenvalue weighted by Gasteiger charge is 2.36. The van der Waals surface area contributed by atoms with Crippen LogP contribution in [0.4, 0.5) is 19.0 Å². The van der Waals surface area contributed by atoms with Crippen LogP contribution in [0, 0.1) is 19.8 Å². The average molecular weight is 656 g/mol. The molecule has 4 rings (SSSR count). The van der Waals surface area contributed by atoms with E-state index in [1.54, 1.807) is 25.1 Å². The lowest BCUT2D eigenvalue weighted by Crippen LogP contribution is -2.41. The van der Waals surface area contributed by atoms with Crippen molar-refractivity contribution in [2.75, 3.05) is 38.6 Å². The molecule has 254 valence electrons. The van der Waals surface area contributed by atoms with Crippen LogP contribution < -0.4 is 15.8 Å². The molecule has 2 N–H and O–H groups in total. The van der Waals surface area contributed by atoms with Crippen molar-refractivity contribution in [3.05, 3.63) is 80.9 Å². The number of hydrogen-bond acceptors (Lipinski definition) is 6. The number of aliphatic carboxylic acids is 1. The van der Waals surface area contributed by atoms with E-state index in [1.165, 1.54) is 0 Å². The standard InChI is InChI=1S/C35H44F3N5O4/c1-21(2)15-29(43-20-24(11-14-41(5)6)26(18-31(43)44)35(36,37)38)34(47)40-28(19-32(45)46)27-16-25(17-30(39-27)42-12-8-13-42)33-22(3)9-7-10-23(33)4/h7,9-10,16-18,20-21,28-29H,8,11-15,19H2,1-6H3,(H,40,47)(H,45,46)/t28-,29-/m0/s1. The highest BCUT2D eigenvalue weighted by molar-refractivity contribution is 5.82. The van der Waals surface area contributed by atoms with E-state index in [0.717, 1.165) is 52.5 Å². The SMILES string of the molecule is Cc1cccc(C)c1-c1cc([C@H](CC(=O)O)NC(=O)[C@H](CC(C)C)n2cc(CCN(C)C)c(C(F)(F)F)cc2=O)nc(N2CCC2)c1. The molecule has 1 aliphatic rings. The fourth-order valence-corrected chi connectivity index (χ4v) is 5.94. The third-order valence-corrected chi connectivity index (χ3v) is 8.46. The van der Waals surface area contributed by atoms with Crippen molar-refractivity contribution in [2.45, 2.75) is 71.6 Å². The summed E-state index contributed by atoms with van der Waals surface area (Å²) in [5.41, 5.74) is 2.13. The quantitative estimate of drug-likeness (QED) is 0.241. The van der Waals surface area contributed by atoms with Crippen molar-refractivity contribution >= 4 is 17.7 Å². The number of carboxylic acids is 1. The topological polar surface area (TPSA) is 108 Å². The molecule has 1 aromatic carbocycles. The number of amides is 1. The molecule has 0 spiro atoms. The number of rotatable bonds is 13. The summed E-state index contributed by atoms with van der Waals surface area (Å²) in [6.45, 7) is 9.55. The van der Waals surface area contributed by atoms with E-state index in [9.17, 15) is 32.7 Å². The maximum atomic E-state index is 14.1. The molecule has 1 saturated heterocycles. The maximum absolute atomic E-state index is 14.1. The normalized spacial score (nSPS) is 14.7. The average Bonchev–Trinajstić information content (AvgIpc) is 2.93. The summed E-state index contributed by atoms with van der Waals surface area (Å²) in [6.07, 6.45) is -2.96. The second-order valence-corrected chi connectivity index (χ2v) is 13.1. The number of carboxylic acid groups (broad SMARTS) is 1. The van der Waals surface area contributed by atoms with Crippen LogP contribution >= 0.6 is 0 Å². The van der Waals surface area contributed by atoms with Crippen LogP contribution in [0.2, 0.25) is 0 Å². The minimum Gasteiger partial charge on any atom is -0.481 e. The number of hydrogen-bond donors (Lipinski definition) is 2. The lowest BCUT2D eigenvalue weighted by Gasteiger charge is -2.33. The van der Waals surface area contributed by atoms with Crippen LogP contribution in [-0.4, -0.2) is 65.2 Å². The predicted molar refractivity (Wildman–Crippen MR) is 176 cm³/mol. The van der Waals surface area contributed by atoms with E-state index >= 15 is 0 Å². The molecule has 2 atom stereocenters. The third-order valence-electron chi connectivity index (χ3n) is 8.46. The third kappa shape index (κ3) is 8.79. The van der Waals surface area contributed by atoms with Gasteiger partial charge in [0.15, 0.2) is 0 Å². The molecular formula is C35H44F3N5O4. The van der Waals surface area contributed by atoms with Crippen LogP contribution in [0.15, 0.2) is 47.4 Å². The van der Waals surface area contributed by atoms with Gasteiger partial charge in [0.25, 0.3) is 5.56 Å². The van der Waals surface area contributed by atoms with Crippen molar-refractivity contribution in [2.24, 2.45) is 5.92 Å². The molecule has 0 unspecified atom stereocenters. The number of pyridine rings is 2. The van der Waals surface area contributed by atoms with Gasteiger partial charge in [-0.1, -0.05) is 32.0 Å². The van der Waals surface area contributed by atoms with Gasteiger partial charge in [-0.05, 0) is 93.1 Å². The lowest BCUT2D eigenvalue weighted by molar-refractivity contribution is -0.139. The first kappa shape index (κ1) is 35.7. The number of aryl methyl sites for hydroxylation is 2. The molecule has 1 aliphatic heterocycles. The van der Waals surface area contributed by atoms with Gasteiger partial charge < -0.3 is 24.8 Å². The number of carbonyl (C=O) groups excluding carboxylic acids is 1. The van der Waals surface area contributed by atoms with Gasteiger partial charge in [0.05, 0.1) is 23.7 Å². The van der Waals surface area contributed by atoms with Crippen LogP contribution in [0.3, 0.4) is 0 Å². The Bertz CT molecular complexity index is 1640. The monoisotopic (exact) mass is 655 g/mol. The Morgan fingerprint density at radius 2 is 1.74 bits per heavy atom. The molecular weight excluding hydrogens is 611 g/mol. The fourth-order valence-electron chi connectivity index (χ4n) is 5.94. The zero-order valence-electron chi connectivity index (χ0n) is 27.8. The molecule has 0 bridgehead atoms. The summed E-state index contributed by atoms with van der Waals surface area (Å²) in [6, 6.07) is 8.00. The summed E-state index contributed by atoms with van der Waals surface area (Å²) >= 11 is 0. The Morgan fingerprint density at radius 1 is 1.09 bits per heavy atom. The lowest BCUT2D eigenvalue weighted by atomic mass is 9.94. The zero-order chi connectivity index (χ0) is 34.6. The van der Waals surface area contributed by atoms with Crippen LogP contribution in [0.5, 0.6) is 0 Å². The number of anilines is 1. The Labute approximate surface area is 273 Å². The van der Waals surface area contributed by atoms with Gasteiger partial charge in [-0.15, -0.1) is 0 Å². The highest BCUT2D eigenvalue weighted by atomic mass is 19.4. The largest absolute Gasteiger partial charge is 0.481 e. The highest BCUT2D eigenvalue weighted by Crippen LogP contribution is 2.35. The van der Waals surface area contributed by atoms with Gasteiger partial charge in [0.2, 0.25) is 5.91 Å². The molecule has 2 aromatic heterocycles. The van der Waals surface area contributed by atoms with Gasteiger partial charge in [-0.25, -0.2) is 4.98 Å². The minimum atomic E-state index is -4.75. The van der Waals surface area contributed by atoms with Crippen molar-refractivity contribution in [3.63, 3.8) is 0 Å². The van der Waals surface area contributed by atoms with E-state index in [0.29, 0.717) is 24.1 Å². The molecule has 9 nitrogen and oxygen atoms in total. The molecule has 1 fully saturated rings. The van der Waals surface area contributed by atoms with Crippen LogP contribution in [0.1, 0.15) is 73.1 Å². The number of alkyl halides is 3. The Hall–Kier alpha value is -4.19. The van der Waals surface area contributed by atoms with E-state index in [-0.39, 0.29) is 24.3 Å². The summed E-state index contributed by atoms with van der Waals surface area (Å²) in [4.78, 5) is 48.0. The van der Waals surface area contributed by atoms with E-state index in [4.69, 9.17) is 4.98 Å². The first-order valence-electron chi connectivity index (χ1n) is 15.9. The van der Waals surface area contributed by atoms with Gasteiger partial charge in [0.1, 0.15) is 11.9 Å². The Kier molecular flexibility index (Phi) is 11.2. The summed E-state index contributed by atoms with van der Waals surface area (Å²) in [7, 11) is 3.47. The summed E-state index contributed by atoms with van der Waals surface area (Å²) in [5, 5.41) is 12.7. The zero-order valence-corrected chi connectivity index (χ0v) is 27.8. The molecule has 1 amide bonds. The molecule has 47 heavy (non-hydrogen) atoms. The number of nitrogens with one attached hydrogen (secondary N) is 1. The van der Waals surface area contributed by atoms with Crippen LogP contribution in [-0.2, 0) is 22.2 Å². The first-order chi connectivity index (χ1) is 22.0. The van der Waals surface area contributed by atoms with Crippen molar-refractivity contribution in [1.29, 1.82) is 0 Å². The van der Waals surface area contributed by atoms with E-state index < -0.39 is 47.7 Å². The van der Waals surface area contributed by atoms with Crippen molar-refractivity contribution in [3.8, 4) is 11.1 Å². The first-order valence-corrected chi connectivity index (χ1v) is 15.9. The number of benzene rings is 1. The van der Waals surface area contributed by atoms with Crippen LogP contribution in [0.25, 0.3) is 11.1 Å². The van der Waals surface area contributed by atoms with Gasteiger partial charge in [-0.2, -0.15) is 13.2 Å². The summed E-state index contributed by atoms with van der Waals surface area (Å²) < 4.78 is 42.9. The number of halogens is 3. The molecule has 0 radical (unpaired) electrons. The van der Waals surface area contributed by atoms with Crippen molar-refractivity contribution in [1.82, 2.24) is 19.8 Å². The van der Waals surface area contributed by atoms with Crippen molar-refractivity contribution < 1.29 is 27.9 Å². The van der Waals surface area contributed by atoms with Gasteiger partial charge in [0, 0.05) is 31.9 Å². The molecule has 3 aromatic rings. The smallest absolute Gasteiger partial charge is 0.416 e. The number of likely N-dealkylation sites (N-methyl/N-ethyl adjacent to an activating group) is 1. The Balaban J connectivity index is 1.80. The molecule has 12 heteroatoms. The second kappa shape index (κ2) is 14.7. The van der Waals surface area contributed by atoms with E-state index in [2.05, 4.69) is 10.2 Å². The van der Waals surface area contributed by atoms with Gasteiger partial charge >= 0.3 is 12.1 Å². The number of nitrogens with zero attached hydrogens (tertiary/aromatic N) is 4. The second-order valence-electron chi connectivity index (χ2n) is 13.1. The molecule has 0 aliphatic carbocycles. The minimum absolute atomic E-state index is 0.00802. The van der Waals surface area contributed by atoms with Gasteiger partial charge in [-0.3, -0.25) is 14.4 Å². The maximum Gasteiger partial charge on any atom is 0.416 e. The predicted octanol–water partition coefficient (Wildman–Crippen LogP) is 5.78. The van der Waals surface area contributed by atoms with E-state index in [1.807, 2.05) is 52.0 Å². The number of aromatic nitrogens is 2. The fraction of sp³-hybridized carbons (Fsp3) is 0.486. The molecule has 0 saturated carbocycles.